The molecule has 1 fully saturated rings. The van der Waals surface area contributed by atoms with Gasteiger partial charge in [-0.3, -0.25) is 4.79 Å². The van der Waals surface area contributed by atoms with Gasteiger partial charge in [-0.1, -0.05) is 30.3 Å². The number of hydrogen-bond donors (Lipinski definition) is 2. The summed E-state index contributed by atoms with van der Waals surface area (Å²) in [5, 5.41) is 3.02. The number of nitrogens with two attached hydrogens (primary N) is 1. The summed E-state index contributed by atoms with van der Waals surface area (Å²) in [6.07, 6.45) is 4.59. The fourth-order valence-electron chi connectivity index (χ4n) is 2.56. The number of carbonyl (C=O) groups excluding carboxylic acids is 1. The Balaban J connectivity index is 1.72. The molecule has 0 bridgehead atoms. The molecule has 1 aromatic carbocycles. The first-order valence-corrected chi connectivity index (χ1v) is 7.43. The highest BCUT2D eigenvalue weighted by molar-refractivity contribution is 5.76. The van der Waals surface area contributed by atoms with Gasteiger partial charge in [0.2, 0.25) is 5.91 Å². The van der Waals surface area contributed by atoms with E-state index in [-0.39, 0.29) is 18.1 Å². The standard InChI is InChI=1S/C16H24N2O2/c17-12-14(11-13-5-2-1-3-6-13)18-16(19)9-8-15-7-4-10-20-15/h1-3,5-6,14-15H,4,7-12,17H2,(H,18,19). The molecule has 4 heteroatoms. The number of carbonyl (C=O) groups is 1. The number of amides is 1. The first-order chi connectivity index (χ1) is 9.78. The van der Waals surface area contributed by atoms with E-state index in [1.807, 2.05) is 18.2 Å². The largest absolute Gasteiger partial charge is 0.378 e. The van der Waals surface area contributed by atoms with Crippen LogP contribution in [0.1, 0.15) is 31.2 Å². The summed E-state index contributed by atoms with van der Waals surface area (Å²) >= 11 is 0. The highest BCUT2D eigenvalue weighted by Gasteiger charge is 2.18. The summed E-state index contributed by atoms with van der Waals surface area (Å²) in [7, 11) is 0. The Kier molecular flexibility index (Phi) is 6.02. The molecule has 20 heavy (non-hydrogen) atoms. The van der Waals surface area contributed by atoms with Crippen LogP contribution in [0.4, 0.5) is 0 Å². The summed E-state index contributed by atoms with van der Waals surface area (Å²) in [5.74, 6) is 0.0758. The van der Waals surface area contributed by atoms with Crippen LogP contribution >= 0.6 is 0 Å². The zero-order chi connectivity index (χ0) is 14.2. The minimum absolute atomic E-state index is 0.00870. The highest BCUT2D eigenvalue weighted by Crippen LogP contribution is 2.16. The zero-order valence-corrected chi connectivity index (χ0v) is 11.9. The lowest BCUT2D eigenvalue weighted by Crippen LogP contribution is -2.41. The second-order valence-electron chi connectivity index (χ2n) is 5.36. The van der Waals surface area contributed by atoms with E-state index >= 15 is 0 Å². The number of hydrogen-bond acceptors (Lipinski definition) is 3. The van der Waals surface area contributed by atoms with Crippen LogP contribution in [0.5, 0.6) is 0 Å². The van der Waals surface area contributed by atoms with Gasteiger partial charge in [-0.2, -0.15) is 0 Å². The average Bonchev–Trinajstić information content (AvgIpc) is 2.99. The van der Waals surface area contributed by atoms with Crippen molar-refractivity contribution in [2.24, 2.45) is 5.73 Å². The fourth-order valence-corrected chi connectivity index (χ4v) is 2.56. The molecule has 0 saturated carbocycles. The number of benzene rings is 1. The van der Waals surface area contributed by atoms with E-state index in [9.17, 15) is 4.79 Å². The smallest absolute Gasteiger partial charge is 0.220 e. The van der Waals surface area contributed by atoms with E-state index < -0.39 is 0 Å². The van der Waals surface area contributed by atoms with Crippen molar-refractivity contribution in [1.82, 2.24) is 5.32 Å². The van der Waals surface area contributed by atoms with Gasteiger partial charge in [-0.25, -0.2) is 0 Å². The molecule has 0 aromatic heterocycles. The van der Waals surface area contributed by atoms with Crippen LogP contribution in [-0.4, -0.2) is 31.2 Å². The Morgan fingerprint density at radius 2 is 2.20 bits per heavy atom. The first kappa shape index (κ1) is 15.0. The van der Waals surface area contributed by atoms with E-state index in [0.717, 1.165) is 32.3 Å². The van der Waals surface area contributed by atoms with Gasteiger partial charge < -0.3 is 15.8 Å². The Hall–Kier alpha value is -1.39. The first-order valence-electron chi connectivity index (χ1n) is 7.43. The van der Waals surface area contributed by atoms with Gasteiger partial charge in [0, 0.05) is 25.6 Å². The van der Waals surface area contributed by atoms with Gasteiger partial charge in [0.15, 0.2) is 0 Å². The molecule has 3 N–H and O–H groups in total. The Labute approximate surface area is 120 Å². The predicted octanol–water partition coefficient (Wildman–Crippen LogP) is 1.63. The van der Waals surface area contributed by atoms with E-state index in [1.165, 1.54) is 5.56 Å². The van der Waals surface area contributed by atoms with Crippen molar-refractivity contribution in [3.05, 3.63) is 35.9 Å². The van der Waals surface area contributed by atoms with E-state index in [0.29, 0.717) is 13.0 Å². The maximum Gasteiger partial charge on any atom is 0.220 e. The van der Waals surface area contributed by atoms with Crippen LogP contribution in [0.15, 0.2) is 30.3 Å². The minimum atomic E-state index is 0.00870. The molecule has 0 aliphatic carbocycles. The lowest BCUT2D eigenvalue weighted by molar-refractivity contribution is -0.122. The normalized spacial score (nSPS) is 19.8. The van der Waals surface area contributed by atoms with Crippen LogP contribution in [-0.2, 0) is 16.0 Å². The summed E-state index contributed by atoms with van der Waals surface area (Å²) in [6, 6.07) is 10.1. The van der Waals surface area contributed by atoms with Crippen LogP contribution in [0.3, 0.4) is 0 Å². The molecular weight excluding hydrogens is 252 g/mol. The van der Waals surface area contributed by atoms with Crippen LogP contribution < -0.4 is 11.1 Å². The average molecular weight is 276 g/mol. The SMILES string of the molecule is NCC(Cc1ccccc1)NC(=O)CCC1CCCO1. The monoisotopic (exact) mass is 276 g/mol. The molecule has 2 unspecified atom stereocenters. The molecule has 1 amide bonds. The third kappa shape index (κ3) is 4.94. The van der Waals surface area contributed by atoms with Crippen molar-refractivity contribution in [2.45, 2.75) is 44.2 Å². The second kappa shape index (κ2) is 8.02. The van der Waals surface area contributed by atoms with E-state index in [2.05, 4.69) is 17.4 Å². The summed E-state index contributed by atoms with van der Waals surface area (Å²) in [5.41, 5.74) is 6.94. The zero-order valence-electron chi connectivity index (χ0n) is 11.9. The Morgan fingerprint density at radius 3 is 2.85 bits per heavy atom. The fraction of sp³-hybridized carbons (Fsp3) is 0.562. The number of nitrogens with one attached hydrogen (secondary N) is 1. The van der Waals surface area contributed by atoms with Crippen molar-refractivity contribution < 1.29 is 9.53 Å². The molecule has 110 valence electrons. The Morgan fingerprint density at radius 1 is 1.40 bits per heavy atom. The molecule has 1 saturated heterocycles. The molecule has 0 radical (unpaired) electrons. The molecule has 1 aliphatic heterocycles. The molecule has 1 heterocycles. The molecule has 4 nitrogen and oxygen atoms in total. The van der Waals surface area contributed by atoms with Gasteiger partial charge in [-0.05, 0) is 31.2 Å². The van der Waals surface area contributed by atoms with Crippen molar-refractivity contribution in [3.8, 4) is 0 Å². The third-order valence-electron chi connectivity index (χ3n) is 3.69. The highest BCUT2D eigenvalue weighted by atomic mass is 16.5. The van der Waals surface area contributed by atoms with Gasteiger partial charge in [0.25, 0.3) is 0 Å². The quantitative estimate of drug-likeness (QED) is 0.795. The molecular formula is C16H24N2O2. The van der Waals surface area contributed by atoms with Crippen molar-refractivity contribution >= 4 is 5.91 Å². The van der Waals surface area contributed by atoms with Crippen molar-refractivity contribution in [2.75, 3.05) is 13.2 Å². The summed E-state index contributed by atoms with van der Waals surface area (Å²) in [6.45, 7) is 1.30. The summed E-state index contributed by atoms with van der Waals surface area (Å²) < 4.78 is 5.53. The van der Waals surface area contributed by atoms with Crippen molar-refractivity contribution in [3.63, 3.8) is 0 Å². The molecule has 2 atom stereocenters. The van der Waals surface area contributed by atoms with Crippen molar-refractivity contribution in [1.29, 1.82) is 0 Å². The van der Waals surface area contributed by atoms with Gasteiger partial charge >= 0.3 is 0 Å². The maximum atomic E-state index is 11.9. The maximum absolute atomic E-state index is 11.9. The number of rotatable bonds is 7. The van der Waals surface area contributed by atoms with Crippen LogP contribution in [0, 0.1) is 0 Å². The number of ether oxygens (including phenoxy) is 1. The minimum Gasteiger partial charge on any atom is -0.378 e. The second-order valence-corrected chi connectivity index (χ2v) is 5.36. The van der Waals surface area contributed by atoms with Crippen LogP contribution in [0.25, 0.3) is 0 Å². The molecule has 1 aromatic rings. The lowest BCUT2D eigenvalue weighted by Gasteiger charge is -2.17. The topological polar surface area (TPSA) is 64.3 Å². The third-order valence-corrected chi connectivity index (χ3v) is 3.69. The van der Waals surface area contributed by atoms with E-state index in [4.69, 9.17) is 10.5 Å². The molecule has 2 rings (SSSR count). The summed E-state index contributed by atoms with van der Waals surface area (Å²) in [4.78, 5) is 11.9. The predicted molar refractivity (Wildman–Crippen MR) is 79.3 cm³/mol. The molecule has 0 spiro atoms. The van der Waals surface area contributed by atoms with Gasteiger partial charge in [0.05, 0.1) is 6.10 Å². The van der Waals surface area contributed by atoms with Crippen LogP contribution in [0.2, 0.25) is 0 Å². The van der Waals surface area contributed by atoms with Gasteiger partial charge in [0.1, 0.15) is 0 Å². The van der Waals surface area contributed by atoms with E-state index in [1.54, 1.807) is 0 Å². The molecule has 1 aliphatic rings. The van der Waals surface area contributed by atoms with Gasteiger partial charge in [-0.15, -0.1) is 0 Å². The lowest BCUT2D eigenvalue weighted by atomic mass is 10.1. The Bertz CT molecular complexity index is 402.